The highest BCUT2D eigenvalue weighted by Gasteiger charge is 2.34. The van der Waals surface area contributed by atoms with Crippen LogP contribution in [-0.4, -0.2) is 47.3 Å². The Morgan fingerprint density at radius 2 is 1.74 bits per heavy atom. The van der Waals surface area contributed by atoms with Crippen LogP contribution in [0.25, 0.3) is 0 Å². The zero-order valence-electron chi connectivity index (χ0n) is 23.0. The summed E-state index contributed by atoms with van der Waals surface area (Å²) in [6.45, 7) is 8.56. The average Bonchev–Trinajstić information content (AvgIpc) is 2.93. The van der Waals surface area contributed by atoms with Crippen LogP contribution in [0.5, 0.6) is 0 Å². The Kier molecular flexibility index (Phi) is 8.94. The summed E-state index contributed by atoms with van der Waals surface area (Å²) in [4.78, 5) is 14.8. The van der Waals surface area contributed by atoms with Crippen molar-refractivity contribution in [2.24, 2.45) is 5.92 Å². The summed E-state index contributed by atoms with van der Waals surface area (Å²) in [7, 11) is 0. The van der Waals surface area contributed by atoms with Gasteiger partial charge in [0.05, 0.1) is 0 Å². The van der Waals surface area contributed by atoms with E-state index in [0.29, 0.717) is 23.0 Å². The van der Waals surface area contributed by atoms with Gasteiger partial charge < -0.3 is 20.4 Å². The van der Waals surface area contributed by atoms with Crippen LogP contribution in [0.4, 0.5) is 17.6 Å². The molecular formula is C30H43ClN6S. The topological polar surface area (TPSA) is 56.3 Å². The summed E-state index contributed by atoms with van der Waals surface area (Å²) >= 11 is 12.0. The smallest absolute Gasteiger partial charge is 0.232 e. The molecule has 0 bridgehead atoms. The van der Waals surface area contributed by atoms with Crippen molar-refractivity contribution in [2.75, 3.05) is 41.3 Å². The molecular weight excluding hydrogens is 512 g/mol. The SMILES string of the molecule is C[C@@H]1CCCN(c2cc(N3CCCC[C@H]3C)nc(NC(=S)NCC3(c4ccc(Cl)cc4)CCCCC3)n2)C1. The molecule has 2 saturated heterocycles. The molecule has 6 nitrogen and oxygen atoms in total. The molecule has 2 atom stereocenters. The summed E-state index contributed by atoms with van der Waals surface area (Å²) in [5.41, 5.74) is 1.41. The Morgan fingerprint density at radius 3 is 2.47 bits per heavy atom. The molecule has 0 unspecified atom stereocenters. The number of anilines is 3. The van der Waals surface area contributed by atoms with Crippen molar-refractivity contribution in [3.63, 3.8) is 0 Å². The third-order valence-electron chi connectivity index (χ3n) is 8.86. The number of hydrogen-bond acceptors (Lipinski definition) is 5. The molecule has 3 heterocycles. The van der Waals surface area contributed by atoms with E-state index in [-0.39, 0.29) is 5.41 Å². The maximum Gasteiger partial charge on any atom is 0.232 e. The number of nitrogens with one attached hydrogen (secondary N) is 2. The minimum atomic E-state index is 0.0651. The van der Waals surface area contributed by atoms with Crippen LogP contribution in [0.2, 0.25) is 5.02 Å². The van der Waals surface area contributed by atoms with Gasteiger partial charge >= 0.3 is 0 Å². The highest BCUT2D eigenvalue weighted by atomic mass is 35.5. The Hall–Kier alpha value is -2.12. The third-order valence-corrected chi connectivity index (χ3v) is 9.36. The van der Waals surface area contributed by atoms with Crippen molar-refractivity contribution in [2.45, 2.75) is 89.5 Å². The number of rotatable bonds is 6. The Balaban J connectivity index is 1.34. The molecule has 1 saturated carbocycles. The van der Waals surface area contributed by atoms with Gasteiger partial charge in [-0.15, -0.1) is 0 Å². The van der Waals surface area contributed by atoms with E-state index in [1.807, 2.05) is 12.1 Å². The van der Waals surface area contributed by atoms with Crippen LogP contribution in [0.3, 0.4) is 0 Å². The van der Waals surface area contributed by atoms with E-state index in [1.54, 1.807) is 0 Å². The normalized spacial score (nSPS) is 23.7. The van der Waals surface area contributed by atoms with Crippen LogP contribution < -0.4 is 20.4 Å². The fourth-order valence-corrected chi connectivity index (χ4v) is 6.91. The van der Waals surface area contributed by atoms with Crippen molar-refractivity contribution in [3.05, 3.63) is 40.9 Å². The van der Waals surface area contributed by atoms with Crippen LogP contribution in [0, 0.1) is 5.92 Å². The van der Waals surface area contributed by atoms with Crippen LogP contribution in [0.15, 0.2) is 30.3 Å². The fraction of sp³-hybridized carbons (Fsp3) is 0.633. The quantitative estimate of drug-likeness (QED) is 0.375. The van der Waals surface area contributed by atoms with E-state index in [0.717, 1.165) is 55.7 Å². The molecule has 0 amide bonds. The van der Waals surface area contributed by atoms with Gasteiger partial charge in [-0.3, -0.25) is 0 Å². The molecule has 1 aromatic heterocycles. The predicted molar refractivity (Wildman–Crippen MR) is 164 cm³/mol. The average molecular weight is 555 g/mol. The lowest BCUT2D eigenvalue weighted by molar-refractivity contribution is 0.292. The van der Waals surface area contributed by atoms with E-state index < -0.39 is 0 Å². The molecule has 3 fully saturated rings. The number of piperidine rings is 2. The first-order valence-electron chi connectivity index (χ1n) is 14.6. The summed E-state index contributed by atoms with van der Waals surface area (Å²) in [6, 6.07) is 11.1. The second kappa shape index (κ2) is 12.4. The van der Waals surface area contributed by atoms with E-state index in [4.69, 9.17) is 33.8 Å². The highest BCUT2D eigenvalue weighted by molar-refractivity contribution is 7.80. The second-order valence-corrected chi connectivity index (χ2v) is 12.6. The van der Waals surface area contributed by atoms with Crippen molar-refractivity contribution in [3.8, 4) is 0 Å². The van der Waals surface area contributed by atoms with Crippen molar-refractivity contribution in [1.82, 2.24) is 15.3 Å². The molecule has 1 aliphatic carbocycles. The number of benzene rings is 1. The minimum absolute atomic E-state index is 0.0651. The van der Waals surface area contributed by atoms with Gasteiger partial charge in [-0.1, -0.05) is 49.9 Å². The molecule has 0 spiro atoms. The molecule has 206 valence electrons. The molecule has 5 rings (SSSR count). The largest absolute Gasteiger partial charge is 0.361 e. The van der Waals surface area contributed by atoms with Crippen molar-refractivity contribution < 1.29 is 0 Å². The maximum atomic E-state index is 6.20. The number of hydrogen-bond donors (Lipinski definition) is 2. The van der Waals surface area contributed by atoms with Gasteiger partial charge in [0, 0.05) is 48.7 Å². The standard InChI is InChI=1S/C30H43ClN6S/c1-22-9-8-17-36(20-22)26-19-27(37-18-7-4-10-23(37)2)34-28(33-26)35-29(38)32-21-30(15-5-3-6-16-30)24-11-13-25(31)14-12-24/h11-14,19,22-23H,3-10,15-18,20-21H2,1-2H3,(H2,32,33,34,35,38)/t22-,23-/m1/s1. The van der Waals surface area contributed by atoms with Gasteiger partial charge in [0.1, 0.15) is 11.6 Å². The van der Waals surface area contributed by atoms with Crippen LogP contribution >= 0.6 is 23.8 Å². The summed E-state index contributed by atoms with van der Waals surface area (Å²) in [5, 5.41) is 8.29. The minimum Gasteiger partial charge on any atom is -0.361 e. The van der Waals surface area contributed by atoms with Gasteiger partial charge in [-0.05, 0) is 87.7 Å². The third kappa shape index (κ3) is 6.53. The van der Waals surface area contributed by atoms with Gasteiger partial charge in [0.25, 0.3) is 0 Å². The van der Waals surface area contributed by atoms with E-state index in [1.165, 1.54) is 56.9 Å². The zero-order chi connectivity index (χ0) is 26.5. The monoisotopic (exact) mass is 554 g/mol. The van der Waals surface area contributed by atoms with Gasteiger partial charge in [0.2, 0.25) is 5.95 Å². The number of nitrogens with zero attached hydrogens (tertiary/aromatic N) is 4. The molecule has 2 N–H and O–H groups in total. The summed E-state index contributed by atoms with van der Waals surface area (Å²) < 4.78 is 0. The maximum absolute atomic E-state index is 6.20. The van der Waals surface area contributed by atoms with Gasteiger partial charge in [-0.25, -0.2) is 0 Å². The number of thiocarbonyl (C=S) groups is 1. The molecule has 2 aromatic rings. The predicted octanol–water partition coefficient (Wildman–Crippen LogP) is 6.93. The van der Waals surface area contributed by atoms with Crippen LogP contribution in [0.1, 0.15) is 83.6 Å². The van der Waals surface area contributed by atoms with Gasteiger partial charge in [-0.2, -0.15) is 9.97 Å². The highest BCUT2D eigenvalue weighted by Crippen LogP contribution is 2.39. The zero-order valence-corrected chi connectivity index (χ0v) is 24.6. The lowest BCUT2D eigenvalue weighted by Gasteiger charge is -2.38. The van der Waals surface area contributed by atoms with Crippen molar-refractivity contribution in [1.29, 1.82) is 0 Å². The summed E-state index contributed by atoms with van der Waals surface area (Å²) in [5.74, 6) is 3.29. The Morgan fingerprint density at radius 1 is 0.974 bits per heavy atom. The first kappa shape index (κ1) is 27.4. The molecule has 38 heavy (non-hydrogen) atoms. The second-order valence-electron chi connectivity index (χ2n) is 11.8. The first-order valence-corrected chi connectivity index (χ1v) is 15.4. The van der Waals surface area contributed by atoms with Crippen molar-refractivity contribution >= 4 is 46.5 Å². The molecule has 8 heteroatoms. The van der Waals surface area contributed by atoms with Crippen LogP contribution in [-0.2, 0) is 5.41 Å². The number of halogens is 1. The Labute approximate surface area is 238 Å². The lowest BCUT2D eigenvalue weighted by Crippen LogP contribution is -2.44. The first-order chi connectivity index (χ1) is 18.4. The van der Waals surface area contributed by atoms with E-state index in [2.05, 4.69) is 52.5 Å². The molecule has 0 radical (unpaired) electrons. The van der Waals surface area contributed by atoms with E-state index in [9.17, 15) is 0 Å². The molecule has 2 aliphatic heterocycles. The molecule has 1 aromatic carbocycles. The van der Waals surface area contributed by atoms with Gasteiger partial charge in [0.15, 0.2) is 5.11 Å². The number of aromatic nitrogens is 2. The summed E-state index contributed by atoms with van der Waals surface area (Å²) in [6.07, 6.45) is 12.3. The van der Waals surface area contributed by atoms with E-state index >= 15 is 0 Å². The Bertz CT molecular complexity index is 1090. The molecule has 3 aliphatic rings. The lowest BCUT2D eigenvalue weighted by atomic mass is 9.69. The fourth-order valence-electron chi connectivity index (χ4n) is 6.62.